The van der Waals surface area contributed by atoms with Crippen LogP contribution in [0, 0.1) is 18.7 Å². The van der Waals surface area contributed by atoms with Crippen molar-refractivity contribution in [2.24, 2.45) is 5.92 Å². The molecule has 0 aromatic heterocycles. The van der Waals surface area contributed by atoms with Crippen LogP contribution >= 0.6 is 0 Å². The molecule has 116 valence electrons. The molecule has 3 nitrogen and oxygen atoms in total. The molecule has 0 bridgehead atoms. The molecule has 1 aliphatic heterocycles. The highest BCUT2D eigenvalue weighted by Crippen LogP contribution is 2.15. The molecule has 1 aromatic carbocycles. The first-order valence-corrected chi connectivity index (χ1v) is 7.74. The van der Waals surface area contributed by atoms with Gasteiger partial charge in [0.05, 0.1) is 0 Å². The normalized spacial score (nSPS) is 16.5. The number of halogens is 1. The third-order valence-corrected chi connectivity index (χ3v) is 4.13. The average molecular weight is 292 g/mol. The molecular formula is C17H25FN2O. The molecule has 0 unspecified atom stereocenters. The molecule has 0 aliphatic carbocycles. The quantitative estimate of drug-likeness (QED) is 0.925. The summed E-state index contributed by atoms with van der Waals surface area (Å²) in [5, 5.41) is 3.47. The number of nitrogens with zero attached hydrogens (tertiary/aromatic N) is 1. The summed E-state index contributed by atoms with van der Waals surface area (Å²) < 4.78 is 13.5. The fourth-order valence-corrected chi connectivity index (χ4v) is 2.68. The van der Waals surface area contributed by atoms with Gasteiger partial charge in [0.25, 0.3) is 0 Å². The number of benzene rings is 1. The number of nitrogens with one attached hydrogen (secondary N) is 1. The summed E-state index contributed by atoms with van der Waals surface area (Å²) in [5.74, 6) is 0.172. The molecule has 1 fully saturated rings. The van der Waals surface area contributed by atoms with Crippen LogP contribution in [0.2, 0.25) is 0 Å². The van der Waals surface area contributed by atoms with Gasteiger partial charge in [0.15, 0.2) is 0 Å². The Morgan fingerprint density at radius 3 is 2.62 bits per heavy atom. The van der Waals surface area contributed by atoms with Crippen molar-refractivity contribution in [2.45, 2.75) is 46.2 Å². The maximum atomic E-state index is 13.5. The van der Waals surface area contributed by atoms with Crippen molar-refractivity contribution < 1.29 is 9.18 Å². The van der Waals surface area contributed by atoms with Gasteiger partial charge >= 0.3 is 0 Å². The SMILES string of the molecule is Cc1ccc(CNC2CCN(C(=O)C(C)C)CC2)cc1F. The van der Waals surface area contributed by atoms with Crippen LogP contribution in [0.25, 0.3) is 0 Å². The number of carbonyl (C=O) groups excluding carboxylic acids is 1. The van der Waals surface area contributed by atoms with Gasteiger partial charge in [-0.2, -0.15) is 0 Å². The van der Waals surface area contributed by atoms with Crippen LogP contribution in [0.4, 0.5) is 4.39 Å². The number of likely N-dealkylation sites (tertiary alicyclic amines) is 1. The Bertz CT molecular complexity index is 494. The topological polar surface area (TPSA) is 32.3 Å². The lowest BCUT2D eigenvalue weighted by atomic mass is 10.0. The molecule has 0 radical (unpaired) electrons. The van der Waals surface area contributed by atoms with E-state index in [0.717, 1.165) is 31.5 Å². The fourth-order valence-electron chi connectivity index (χ4n) is 2.68. The van der Waals surface area contributed by atoms with Gasteiger partial charge in [-0.05, 0) is 37.0 Å². The highest BCUT2D eigenvalue weighted by Gasteiger charge is 2.23. The van der Waals surface area contributed by atoms with Gasteiger partial charge in [-0.1, -0.05) is 26.0 Å². The zero-order chi connectivity index (χ0) is 15.4. The minimum absolute atomic E-state index is 0.0741. The summed E-state index contributed by atoms with van der Waals surface area (Å²) in [6.45, 7) is 7.97. The molecule has 0 saturated carbocycles. The van der Waals surface area contributed by atoms with E-state index in [1.807, 2.05) is 30.9 Å². The van der Waals surface area contributed by atoms with E-state index in [9.17, 15) is 9.18 Å². The smallest absolute Gasteiger partial charge is 0.225 e. The second kappa shape index (κ2) is 7.03. The monoisotopic (exact) mass is 292 g/mol. The van der Waals surface area contributed by atoms with Crippen molar-refractivity contribution in [3.63, 3.8) is 0 Å². The van der Waals surface area contributed by atoms with Crippen LogP contribution in [0.1, 0.15) is 37.8 Å². The summed E-state index contributed by atoms with van der Waals surface area (Å²) in [5.41, 5.74) is 1.65. The lowest BCUT2D eigenvalue weighted by molar-refractivity contribution is -0.135. The predicted molar refractivity (Wildman–Crippen MR) is 82.4 cm³/mol. The Kier molecular flexibility index (Phi) is 5.34. The van der Waals surface area contributed by atoms with Gasteiger partial charge in [0.2, 0.25) is 5.91 Å². The van der Waals surface area contributed by atoms with Crippen molar-refractivity contribution in [3.8, 4) is 0 Å². The molecule has 0 spiro atoms. The Hall–Kier alpha value is -1.42. The highest BCUT2D eigenvalue weighted by atomic mass is 19.1. The Balaban J connectivity index is 1.78. The number of carbonyl (C=O) groups is 1. The molecule has 2 rings (SSSR count). The second-order valence-corrected chi connectivity index (χ2v) is 6.22. The van der Waals surface area contributed by atoms with Gasteiger partial charge in [0.1, 0.15) is 5.82 Å². The van der Waals surface area contributed by atoms with E-state index in [2.05, 4.69) is 5.32 Å². The second-order valence-electron chi connectivity index (χ2n) is 6.22. The van der Waals surface area contributed by atoms with Crippen molar-refractivity contribution in [1.29, 1.82) is 0 Å². The standard InChI is InChI=1S/C17H25FN2O/c1-12(2)17(21)20-8-6-15(7-9-20)19-11-14-5-4-13(3)16(18)10-14/h4-5,10,12,15,19H,6-9,11H2,1-3H3. The third kappa shape index (κ3) is 4.27. The molecule has 1 amide bonds. The van der Waals surface area contributed by atoms with Gasteiger partial charge in [0, 0.05) is 31.6 Å². The summed E-state index contributed by atoms with van der Waals surface area (Å²) in [4.78, 5) is 13.9. The largest absolute Gasteiger partial charge is 0.342 e. The summed E-state index contributed by atoms with van der Waals surface area (Å²) >= 11 is 0. The van der Waals surface area contributed by atoms with E-state index in [-0.39, 0.29) is 17.6 Å². The molecule has 1 saturated heterocycles. The summed E-state index contributed by atoms with van der Waals surface area (Å²) in [6.07, 6.45) is 1.93. The maximum absolute atomic E-state index is 13.5. The third-order valence-electron chi connectivity index (χ3n) is 4.13. The zero-order valence-electron chi connectivity index (χ0n) is 13.2. The van der Waals surface area contributed by atoms with E-state index in [4.69, 9.17) is 0 Å². The van der Waals surface area contributed by atoms with Crippen LogP contribution < -0.4 is 5.32 Å². The van der Waals surface area contributed by atoms with Crippen LogP contribution in [0.5, 0.6) is 0 Å². The zero-order valence-corrected chi connectivity index (χ0v) is 13.2. The molecule has 21 heavy (non-hydrogen) atoms. The molecule has 1 N–H and O–H groups in total. The number of rotatable bonds is 4. The van der Waals surface area contributed by atoms with Crippen LogP contribution in [-0.2, 0) is 11.3 Å². The lowest BCUT2D eigenvalue weighted by Crippen LogP contribution is -2.45. The molecule has 0 atom stereocenters. The highest BCUT2D eigenvalue weighted by molar-refractivity contribution is 5.78. The first-order valence-electron chi connectivity index (χ1n) is 7.74. The average Bonchev–Trinajstić information content (AvgIpc) is 2.48. The van der Waals surface area contributed by atoms with Crippen molar-refractivity contribution in [1.82, 2.24) is 10.2 Å². The van der Waals surface area contributed by atoms with E-state index in [0.29, 0.717) is 18.2 Å². The number of hydrogen-bond donors (Lipinski definition) is 1. The first-order chi connectivity index (χ1) is 9.97. The molecule has 1 aromatic rings. The number of hydrogen-bond acceptors (Lipinski definition) is 2. The van der Waals surface area contributed by atoms with E-state index >= 15 is 0 Å². The molecule has 1 heterocycles. The minimum Gasteiger partial charge on any atom is -0.342 e. The van der Waals surface area contributed by atoms with Crippen LogP contribution in [0.3, 0.4) is 0 Å². The lowest BCUT2D eigenvalue weighted by Gasteiger charge is -2.33. The van der Waals surface area contributed by atoms with E-state index in [1.165, 1.54) is 0 Å². The summed E-state index contributed by atoms with van der Waals surface area (Å²) in [6, 6.07) is 5.78. The number of amides is 1. The van der Waals surface area contributed by atoms with Gasteiger partial charge in [-0.15, -0.1) is 0 Å². The van der Waals surface area contributed by atoms with E-state index < -0.39 is 0 Å². The first kappa shape index (κ1) is 16.0. The molecular weight excluding hydrogens is 267 g/mol. The van der Waals surface area contributed by atoms with Crippen molar-refractivity contribution in [3.05, 3.63) is 35.1 Å². The Labute approximate surface area is 126 Å². The maximum Gasteiger partial charge on any atom is 0.225 e. The van der Waals surface area contributed by atoms with E-state index in [1.54, 1.807) is 13.0 Å². The Morgan fingerprint density at radius 2 is 2.05 bits per heavy atom. The molecule has 4 heteroatoms. The number of piperidine rings is 1. The Morgan fingerprint density at radius 1 is 1.38 bits per heavy atom. The van der Waals surface area contributed by atoms with Crippen molar-refractivity contribution in [2.75, 3.05) is 13.1 Å². The van der Waals surface area contributed by atoms with Crippen LogP contribution in [0.15, 0.2) is 18.2 Å². The van der Waals surface area contributed by atoms with Crippen molar-refractivity contribution >= 4 is 5.91 Å². The summed E-state index contributed by atoms with van der Waals surface area (Å²) in [7, 11) is 0. The van der Waals surface area contributed by atoms with Gasteiger partial charge in [-0.25, -0.2) is 4.39 Å². The van der Waals surface area contributed by atoms with Crippen LogP contribution in [-0.4, -0.2) is 29.9 Å². The predicted octanol–water partition coefficient (Wildman–Crippen LogP) is 2.87. The fraction of sp³-hybridized carbons (Fsp3) is 0.588. The minimum atomic E-state index is -0.147. The van der Waals surface area contributed by atoms with Gasteiger partial charge < -0.3 is 10.2 Å². The molecule has 1 aliphatic rings. The number of aryl methyl sites for hydroxylation is 1. The van der Waals surface area contributed by atoms with Gasteiger partial charge in [-0.3, -0.25) is 4.79 Å².